The molecule has 1 unspecified atom stereocenters. The molecule has 0 saturated carbocycles. The second-order valence-electron chi connectivity index (χ2n) is 7.89. The van der Waals surface area contributed by atoms with E-state index >= 15 is 0 Å². The van der Waals surface area contributed by atoms with Gasteiger partial charge in [0.2, 0.25) is 0 Å². The minimum Gasteiger partial charge on any atom is -0.364 e. The summed E-state index contributed by atoms with van der Waals surface area (Å²) in [6.07, 6.45) is -0.474. The lowest BCUT2D eigenvalue weighted by molar-refractivity contribution is -0.0861. The molecule has 0 fully saturated rings. The third-order valence-corrected chi connectivity index (χ3v) is 5.28. The van der Waals surface area contributed by atoms with Crippen molar-refractivity contribution in [2.45, 2.75) is 45.5 Å². The number of aromatic amines is 1. The van der Waals surface area contributed by atoms with Gasteiger partial charge in [-0.15, -0.1) is 6.58 Å². The molecule has 0 aliphatic heterocycles. The van der Waals surface area contributed by atoms with Crippen LogP contribution in [0, 0.1) is 0 Å². The molecule has 1 aromatic heterocycles. The SMILES string of the molecule is C=CCC(/N=C(\C(=C/C)C(F)(F)F)c1c[nH]c2ccccc12)Nc1ccc(C(C)C)cc1.O=P. The minimum atomic E-state index is -4.54. The minimum absolute atomic E-state index is 0.101. The highest BCUT2D eigenvalue weighted by Crippen LogP contribution is 2.32. The number of alkyl halides is 3. The molecule has 180 valence electrons. The molecule has 1 heterocycles. The Kier molecular flexibility index (Phi) is 9.82. The molecule has 4 nitrogen and oxygen atoms in total. The van der Waals surface area contributed by atoms with Crippen LogP contribution in [0.4, 0.5) is 18.9 Å². The average Bonchev–Trinajstić information content (AvgIpc) is 3.24. The van der Waals surface area contributed by atoms with Gasteiger partial charge in [0.25, 0.3) is 0 Å². The molecule has 0 radical (unpaired) electrons. The summed E-state index contributed by atoms with van der Waals surface area (Å²) in [4.78, 5) is 7.63. The summed E-state index contributed by atoms with van der Waals surface area (Å²) in [5, 5.41) is 3.94. The quantitative estimate of drug-likeness (QED) is 0.192. The lowest BCUT2D eigenvalue weighted by Gasteiger charge is -2.20. The van der Waals surface area contributed by atoms with E-state index in [0.717, 1.165) is 17.3 Å². The molecule has 0 bridgehead atoms. The Balaban J connectivity index is 0.00000199. The molecular weight excluding hydrogens is 458 g/mol. The molecule has 0 amide bonds. The van der Waals surface area contributed by atoms with Crippen molar-refractivity contribution in [1.82, 2.24) is 4.98 Å². The Morgan fingerprint density at radius 3 is 2.35 bits per heavy atom. The fourth-order valence-corrected chi connectivity index (χ4v) is 3.60. The Morgan fingerprint density at radius 2 is 1.79 bits per heavy atom. The number of aromatic nitrogens is 1. The number of hydrogen-bond donors (Lipinski definition) is 2. The van der Waals surface area contributed by atoms with Gasteiger partial charge in [0, 0.05) is 34.8 Å². The van der Waals surface area contributed by atoms with Crippen LogP contribution in [0.25, 0.3) is 10.9 Å². The van der Waals surface area contributed by atoms with Gasteiger partial charge >= 0.3 is 6.18 Å². The molecule has 0 saturated heterocycles. The number of rotatable bonds is 8. The molecule has 0 aliphatic carbocycles. The van der Waals surface area contributed by atoms with Gasteiger partial charge in [-0.2, -0.15) is 13.2 Å². The van der Waals surface area contributed by atoms with Crippen molar-refractivity contribution in [3.8, 4) is 0 Å². The van der Waals surface area contributed by atoms with Gasteiger partial charge in [-0.25, -0.2) is 0 Å². The van der Waals surface area contributed by atoms with E-state index in [1.165, 1.54) is 12.5 Å². The lowest BCUT2D eigenvalue weighted by Crippen LogP contribution is -2.25. The zero-order valence-electron chi connectivity index (χ0n) is 19.4. The molecule has 1 atom stereocenters. The number of aliphatic imine (C=N–C) groups is 1. The summed E-state index contributed by atoms with van der Waals surface area (Å²) in [7, 11) is 1.72. The van der Waals surface area contributed by atoms with Crippen molar-refractivity contribution in [2.75, 3.05) is 5.32 Å². The molecule has 0 aliphatic rings. The van der Waals surface area contributed by atoms with E-state index in [4.69, 9.17) is 4.57 Å². The van der Waals surface area contributed by atoms with Crippen molar-refractivity contribution in [1.29, 1.82) is 0 Å². The first-order chi connectivity index (χ1) is 16.2. The van der Waals surface area contributed by atoms with Gasteiger partial charge in [-0.3, -0.25) is 9.56 Å². The van der Waals surface area contributed by atoms with Crippen molar-refractivity contribution in [2.24, 2.45) is 4.99 Å². The maximum absolute atomic E-state index is 13.9. The number of para-hydroxylation sites is 1. The first kappa shape index (κ1) is 27.1. The largest absolute Gasteiger partial charge is 0.418 e. The highest BCUT2D eigenvalue weighted by Gasteiger charge is 2.37. The van der Waals surface area contributed by atoms with Crippen molar-refractivity contribution in [3.05, 3.63) is 90.2 Å². The Hall–Kier alpha value is -3.18. The van der Waals surface area contributed by atoms with Crippen LogP contribution >= 0.6 is 9.12 Å². The third kappa shape index (κ3) is 6.67. The van der Waals surface area contributed by atoms with Crippen LogP contribution in [0.15, 0.2) is 84.0 Å². The number of benzene rings is 2. The summed E-state index contributed by atoms with van der Waals surface area (Å²) >= 11 is 0. The van der Waals surface area contributed by atoms with E-state index in [1.54, 1.807) is 33.5 Å². The maximum atomic E-state index is 13.9. The van der Waals surface area contributed by atoms with Gasteiger partial charge in [0.15, 0.2) is 0 Å². The second kappa shape index (κ2) is 12.3. The Labute approximate surface area is 200 Å². The third-order valence-electron chi connectivity index (χ3n) is 5.28. The van der Waals surface area contributed by atoms with Gasteiger partial charge in [0.1, 0.15) is 15.3 Å². The van der Waals surface area contributed by atoms with Crippen LogP contribution < -0.4 is 5.32 Å². The predicted molar refractivity (Wildman–Crippen MR) is 136 cm³/mol. The summed E-state index contributed by atoms with van der Waals surface area (Å²) in [5.74, 6) is 0.392. The van der Waals surface area contributed by atoms with E-state index in [0.29, 0.717) is 23.3 Å². The number of H-pyrrole nitrogens is 1. The monoisotopic (exact) mass is 487 g/mol. The molecule has 2 aromatic carbocycles. The van der Waals surface area contributed by atoms with Gasteiger partial charge in [-0.05, 0) is 36.6 Å². The first-order valence-corrected chi connectivity index (χ1v) is 11.2. The first-order valence-electron chi connectivity index (χ1n) is 10.8. The number of halogens is 3. The molecule has 3 aromatic rings. The molecule has 3 rings (SSSR count). The highest BCUT2D eigenvalue weighted by atomic mass is 31.0. The number of nitrogens with one attached hydrogen (secondary N) is 2. The van der Waals surface area contributed by atoms with E-state index in [9.17, 15) is 13.2 Å². The van der Waals surface area contributed by atoms with Gasteiger partial charge in [0.05, 0.1) is 11.3 Å². The lowest BCUT2D eigenvalue weighted by atomic mass is 10.0. The van der Waals surface area contributed by atoms with E-state index in [-0.39, 0.29) is 5.71 Å². The van der Waals surface area contributed by atoms with Crippen LogP contribution in [0.5, 0.6) is 0 Å². The fraction of sp³-hybridized carbons (Fsp3) is 0.269. The summed E-state index contributed by atoms with van der Waals surface area (Å²) < 4.78 is 49.9. The van der Waals surface area contributed by atoms with Crippen LogP contribution in [0.2, 0.25) is 0 Å². The summed E-state index contributed by atoms with van der Waals surface area (Å²) in [6.45, 7) is 9.36. The molecular formula is C26H29F3N3OP. The Morgan fingerprint density at radius 1 is 1.15 bits per heavy atom. The molecule has 34 heavy (non-hydrogen) atoms. The van der Waals surface area contributed by atoms with Gasteiger partial charge < -0.3 is 10.3 Å². The number of anilines is 1. The standard InChI is InChI=1S/C26H28F3N3.HOP/c1-5-9-24(31-19-14-12-18(13-15-19)17(3)4)32-25(22(6-2)26(27,28)29)21-16-30-23-11-8-7-10-20(21)23;1-2/h5-8,10-17,24,30-31H,1,9H2,2-4H3;2H/b22-6+,32-25-;. The molecule has 8 heteroatoms. The Bertz CT molecular complexity index is 1150. The molecule has 2 N–H and O–H groups in total. The van der Waals surface area contributed by atoms with E-state index < -0.39 is 17.9 Å². The fourth-order valence-electron chi connectivity index (χ4n) is 3.60. The zero-order valence-corrected chi connectivity index (χ0v) is 20.4. The predicted octanol–water partition coefficient (Wildman–Crippen LogP) is 8.08. The van der Waals surface area contributed by atoms with Crippen LogP contribution in [0.1, 0.15) is 44.2 Å². The second-order valence-corrected chi connectivity index (χ2v) is 7.89. The van der Waals surface area contributed by atoms with Crippen molar-refractivity contribution < 1.29 is 17.7 Å². The average molecular weight is 488 g/mol. The summed E-state index contributed by atoms with van der Waals surface area (Å²) in [5.41, 5.74) is 2.27. The maximum Gasteiger partial charge on any atom is 0.418 e. The normalized spacial score (nSPS) is 13.4. The smallest absolute Gasteiger partial charge is 0.364 e. The van der Waals surface area contributed by atoms with Crippen LogP contribution in [-0.2, 0) is 4.57 Å². The van der Waals surface area contributed by atoms with E-state index in [1.807, 2.05) is 36.4 Å². The van der Waals surface area contributed by atoms with Crippen LogP contribution in [-0.4, -0.2) is 23.0 Å². The summed E-state index contributed by atoms with van der Waals surface area (Å²) in [6, 6.07) is 15.1. The topological polar surface area (TPSA) is 57.2 Å². The number of allylic oxidation sites excluding steroid dienone is 2. The number of hydrogen-bond acceptors (Lipinski definition) is 3. The van der Waals surface area contributed by atoms with Gasteiger partial charge in [-0.1, -0.05) is 56.3 Å². The van der Waals surface area contributed by atoms with Crippen molar-refractivity contribution >= 4 is 31.4 Å². The number of nitrogens with zero attached hydrogens (tertiary/aromatic N) is 1. The molecule has 0 spiro atoms. The highest BCUT2D eigenvalue weighted by molar-refractivity contribution is 7.00. The van der Waals surface area contributed by atoms with Crippen molar-refractivity contribution in [3.63, 3.8) is 0 Å². The van der Waals surface area contributed by atoms with Crippen LogP contribution in [0.3, 0.4) is 0 Å². The van der Waals surface area contributed by atoms with E-state index in [2.05, 4.69) is 35.7 Å². The zero-order chi connectivity index (χ0) is 25.3. The number of fused-ring (bicyclic) bond motifs is 1.